The highest BCUT2D eigenvalue weighted by molar-refractivity contribution is 7.33. The number of quaternary nitrogens is 1. The fourth-order valence-electron chi connectivity index (χ4n) is 1.31. The van der Waals surface area contributed by atoms with Crippen molar-refractivity contribution in [3.63, 3.8) is 0 Å². The van der Waals surface area contributed by atoms with E-state index in [4.69, 9.17) is 9.05 Å². The van der Waals surface area contributed by atoms with E-state index in [1.54, 1.807) is 0 Å². The summed E-state index contributed by atoms with van der Waals surface area (Å²) < 4.78 is 22.0. The Bertz CT molecular complexity index is 201. The summed E-state index contributed by atoms with van der Waals surface area (Å²) in [5, 5.41) is 0. The van der Waals surface area contributed by atoms with Crippen molar-refractivity contribution < 1.29 is 18.1 Å². The molecule has 0 spiro atoms. The average Bonchev–Trinajstić information content (AvgIpc) is 2.48. The lowest BCUT2D eigenvalue weighted by Crippen LogP contribution is -2.42. The van der Waals surface area contributed by atoms with Crippen molar-refractivity contribution in [1.29, 1.82) is 0 Å². The van der Waals surface area contributed by atoms with Gasteiger partial charge in [-0.1, -0.05) is 26.7 Å². The monoisotopic (exact) mass is 310 g/mol. The van der Waals surface area contributed by atoms with Crippen LogP contribution in [0.4, 0.5) is 0 Å². The van der Waals surface area contributed by atoms with Crippen LogP contribution in [0.25, 0.3) is 0 Å². The molecular weight excluding hydrogens is 273 g/mol. The number of rotatable bonds is 11. The quantitative estimate of drug-likeness (QED) is 0.320. The van der Waals surface area contributed by atoms with Crippen LogP contribution in [-0.2, 0) is 13.6 Å². The van der Waals surface area contributed by atoms with Crippen molar-refractivity contribution in [1.82, 2.24) is 0 Å². The van der Waals surface area contributed by atoms with E-state index in [0.717, 1.165) is 25.7 Å². The van der Waals surface area contributed by atoms with Crippen LogP contribution in [0.2, 0.25) is 0 Å². The van der Waals surface area contributed by atoms with Crippen molar-refractivity contribution >= 4 is 8.25 Å². The summed E-state index contributed by atoms with van der Waals surface area (Å²) in [6, 6.07) is 0. The summed E-state index contributed by atoms with van der Waals surface area (Å²) in [5.74, 6) is 0. The van der Waals surface area contributed by atoms with Crippen molar-refractivity contribution in [3.8, 4) is 0 Å². The Labute approximate surface area is 127 Å². The molecule has 5 heteroatoms. The van der Waals surface area contributed by atoms with Crippen molar-refractivity contribution in [2.24, 2.45) is 0 Å². The van der Waals surface area contributed by atoms with Crippen molar-refractivity contribution in [2.75, 3.05) is 39.9 Å². The molecule has 0 bridgehead atoms. The molecule has 0 N–H and O–H groups in total. The first-order valence-corrected chi connectivity index (χ1v) is 9.35. The van der Waals surface area contributed by atoms with Crippen LogP contribution in [0, 0.1) is 0 Å². The molecule has 0 saturated carbocycles. The van der Waals surface area contributed by atoms with Gasteiger partial charge in [-0.05, 0) is 33.6 Å². The molecular formula is C15H37NO3P+. The number of hydrogen-bond acceptors (Lipinski definition) is 3. The van der Waals surface area contributed by atoms with E-state index >= 15 is 0 Å². The van der Waals surface area contributed by atoms with Gasteiger partial charge in [-0.3, -0.25) is 4.57 Å². The summed E-state index contributed by atoms with van der Waals surface area (Å²) in [6.07, 6.45) is 4.02. The summed E-state index contributed by atoms with van der Waals surface area (Å²) in [4.78, 5) is 0. The number of unbranched alkanes of at least 4 members (excludes halogenated alkanes) is 2. The van der Waals surface area contributed by atoms with Crippen LogP contribution < -0.4 is 0 Å². The maximum atomic E-state index is 10.9. The molecule has 0 heterocycles. The highest BCUT2D eigenvalue weighted by Gasteiger charge is 2.10. The zero-order valence-corrected chi connectivity index (χ0v) is 15.5. The normalized spacial score (nSPS) is 11.3. The first kappa shape index (κ1) is 22.4. The number of nitrogens with zero attached hydrogens (tertiary/aromatic N) is 1. The lowest BCUT2D eigenvalue weighted by molar-refractivity contribution is -0.904. The third-order valence-corrected chi connectivity index (χ3v) is 4.61. The lowest BCUT2D eigenvalue weighted by atomic mass is 10.4. The standard InChI is InChI=1S/C8H19O3P.C7H18N/c1-3-5-7-10-12(9)11-8-6-4-2;1-5-8(4,6-2)7-3/h12H,3-8H2,1-2H3;5-7H2,1-4H3/q;+1. The Morgan fingerprint density at radius 3 is 1.35 bits per heavy atom. The molecule has 124 valence electrons. The third-order valence-electron chi connectivity index (χ3n) is 3.73. The molecule has 0 fully saturated rings. The fraction of sp³-hybridized carbons (Fsp3) is 1.00. The molecule has 0 unspecified atom stereocenters. The van der Waals surface area contributed by atoms with Crippen molar-refractivity contribution in [2.45, 2.75) is 60.3 Å². The SMILES string of the molecule is CCCCO[PH](=O)OCCCC.CC[N+](C)(CC)CC. The van der Waals surface area contributed by atoms with E-state index in [1.165, 1.54) is 24.1 Å². The fourth-order valence-corrected chi connectivity index (χ4v) is 2.02. The minimum Gasteiger partial charge on any atom is -0.327 e. The van der Waals surface area contributed by atoms with Gasteiger partial charge in [0.15, 0.2) is 0 Å². The van der Waals surface area contributed by atoms with Crippen LogP contribution in [0.5, 0.6) is 0 Å². The minimum absolute atomic E-state index is 0.556. The first-order chi connectivity index (χ1) is 9.49. The minimum atomic E-state index is -2.18. The molecule has 0 radical (unpaired) electrons. The van der Waals surface area contributed by atoms with Crippen LogP contribution in [0.15, 0.2) is 0 Å². The molecule has 0 atom stereocenters. The lowest BCUT2D eigenvalue weighted by Gasteiger charge is -2.30. The summed E-state index contributed by atoms with van der Waals surface area (Å²) in [7, 11) is 0.107. The van der Waals surface area contributed by atoms with Gasteiger partial charge >= 0.3 is 8.25 Å². The largest absolute Gasteiger partial charge is 0.327 e. The molecule has 0 saturated heterocycles. The molecule has 20 heavy (non-hydrogen) atoms. The second-order valence-corrected chi connectivity index (χ2v) is 6.30. The van der Waals surface area contributed by atoms with E-state index in [2.05, 4.69) is 41.7 Å². The second kappa shape index (κ2) is 15.5. The van der Waals surface area contributed by atoms with Gasteiger partial charge in [-0.25, -0.2) is 0 Å². The topological polar surface area (TPSA) is 35.5 Å². The molecule has 0 aromatic rings. The maximum absolute atomic E-state index is 10.9. The van der Waals surface area contributed by atoms with Crippen LogP contribution >= 0.6 is 8.25 Å². The van der Waals surface area contributed by atoms with E-state index < -0.39 is 8.25 Å². The van der Waals surface area contributed by atoms with Gasteiger partial charge in [0.2, 0.25) is 0 Å². The summed E-state index contributed by atoms with van der Waals surface area (Å²) in [5.41, 5.74) is 0. The van der Waals surface area contributed by atoms with Gasteiger partial charge in [-0.2, -0.15) is 0 Å². The zero-order chi connectivity index (χ0) is 15.9. The van der Waals surface area contributed by atoms with Gasteiger partial charge in [-0.15, -0.1) is 0 Å². The molecule has 0 amide bonds. The zero-order valence-electron chi connectivity index (χ0n) is 14.5. The van der Waals surface area contributed by atoms with Crippen LogP contribution in [-0.4, -0.2) is 44.4 Å². The molecule has 0 aromatic carbocycles. The van der Waals surface area contributed by atoms with E-state index in [9.17, 15) is 4.57 Å². The molecule has 0 aliphatic rings. The van der Waals surface area contributed by atoms with Gasteiger partial charge < -0.3 is 13.5 Å². The van der Waals surface area contributed by atoms with E-state index in [-0.39, 0.29) is 0 Å². The predicted octanol–water partition coefficient (Wildman–Crippen LogP) is 4.50. The smallest absolute Gasteiger partial charge is 0.319 e. The predicted molar refractivity (Wildman–Crippen MR) is 88.5 cm³/mol. The molecule has 0 aliphatic carbocycles. The first-order valence-electron chi connectivity index (χ1n) is 8.12. The molecule has 0 rings (SSSR count). The van der Waals surface area contributed by atoms with Crippen LogP contribution in [0.3, 0.4) is 0 Å². The Morgan fingerprint density at radius 1 is 0.800 bits per heavy atom. The van der Waals surface area contributed by atoms with Gasteiger partial charge in [0.1, 0.15) is 0 Å². The average molecular weight is 310 g/mol. The summed E-state index contributed by atoms with van der Waals surface area (Å²) in [6.45, 7) is 15.7. The second-order valence-electron chi connectivity index (χ2n) is 5.22. The van der Waals surface area contributed by atoms with Crippen LogP contribution in [0.1, 0.15) is 60.3 Å². The third kappa shape index (κ3) is 14.5. The van der Waals surface area contributed by atoms with Gasteiger partial charge in [0.05, 0.1) is 39.9 Å². The van der Waals surface area contributed by atoms with Gasteiger partial charge in [0, 0.05) is 0 Å². The summed E-state index contributed by atoms with van der Waals surface area (Å²) >= 11 is 0. The van der Waals surface area contributed by atoms with E-state index in [0.29, 0.717) is 13.2 Å². The Kier molecular flexibility index (Phi) is 17.4. The molecule has 0 aliphatic heterocycles. The Balaban J connectivity index is 0. The molecule has 0 aromatic heterocycles. The highest BCUT2D eigenvalue weighted by atomic mass is 31.1. The Hall–Kier alpha value is 0.110. The van der Waals surface area contributed by atoms with Gasteiger partial charge in [0.25, 0.3) is 0 Å². The van der Waals surface area contributed by atoms with E-state index in [1.807, 2.05) is 0 Å². The van der Waals surface area contributed by atoms with Crippen molar-refractivity contribution in [3.05, 3.63) is 0 Å². The molecule has 4 nitrogen and oxygen atoms in total. The highest BCUT2D eigenvalue weighted by Crippen LogP contribution is 2.24. The Morgan fingerprint density at radius 2 is 1.15 bits per heavy atom. The number of hydrogen-bond donors (Lipinski definition) is 0. The maximum Gasteiger partial charge on any atom is 0.319 e.